The quantitative estimate of drug-likeness (QED) is 0.362. The lowest BCUT2D eigenvalue weighted by Crippen LogP contribution is -2.37. The fourth-order valence-corrected chi connectivity index (χ4v) is 3.80. The molecule has 0 aliphatic rings. The Morgan fingerprint density at radius 2 is 1.47 bits per heavy atom. The van der Waals surface area contributed by atoms with Crippen molar-refractivity contribution in [2.75, 3.05) is 0 Å². The molecule has 0 aliphatic carbocycles. The summed E-state index contributed by atoms with van der Waals surface area (Å²) in [6, 6.07) is 28.0. The first-order valence-corrected chi connectivity index (χ1v) is 11.1. The Morgan fingerprint density at radius 1 is 0.794 bits per heavy atom. The zero-order valence-corrected chi connectivity index (χ0v) is 19.1. The van der Waals surface area contributed by atoms with E-state index in [2.05, 4.69) is 10.6 Å². The maximum atomic E-state index is 13.6. The van der Waals surface area contributed by atoms with Gasteiger partial charge in [-0.1, -0.05) is 72.8 Å². The van der Waals surface area contributed by atoms with Gasteiger partial charge in [0.15, 0.2) is 0 Å². The van der Waals surface area contributed by atoms with Crippen molar-refractivity contribution >= 4 is 17.9 Å². The SMILES string of the molecule is Cc1ccccc1C(=O)N/C(=C\c1ccco1)C(=O)NC(c1ccccc1)c1ccccc1C. The van der Waals surface area contributed by atoms with E-state index in [0.717, 1.165) is 22.3 Å². The van der Waals surface area contributed by atoms with Crippen LogP contribution in [0.4, 0.5) is 0 Å². The monoisotopic (exact) mass is 450 g/mol. The number of nitrogens with one attached hydrogen (secondary N) is 2. The van der Waals surface area contributed by atoms with Crippen LogP contribution < -0.4 is 10.6 Å². The maximum absolute atomic E-state index is 13.6. The fourth-order valence-electron chi connectivity index (χ4n) is 3.80. The predicted octanol–water partition coefficient (Wildman–Crippen LogP) is 5.57. The highest BCUT2D eigenvalue weighted by molar-refractivity contribution is 6.05. The average Bonchev–Trinajstić information content (AvgIpc) is 3.36. The lowest BCUT2D eigenvalue weighted by atomic mass is 9.95. The molecular formula is C29H26N2O3. The standard InChI is InChI=1S/C29H26N2O3/c1-20-11-6-8-16-24(20)27(22-13-4-3-5-14-22)31-29(33)26(19-23-15-10-18-34-23)30-28(32)25-17-9-7-12-21(25)2/h3-19,27H,1-2H3,(H,30,32)(H,31,33)/b26-19-. The molecule has 2 amide bonds. The minimum atomic E-state index is -0.421. The molecule has 0 aliphatic heterocycles. The highest BCUT2D eigenvalue weighted by atomic mass is 16.3. The second kappa shape index (κ2) is 10.5. The Labute approximate surface area is 199 Å². The molecular weight excluding hydrogens is 424 g/mol. The van der Waals surface area contributed by atoms with Crippen LogP contribution in [0.1, 0.15) is 44.4 Å². The summed E-state index contributed by atoms with van der Waals surface area (Å²) in [4.78, 5) is 26.6. The van der Waals surface area contributed by atoms with Gasteiger partial charge in [0.2, 0.25) is 0 Å². The first kappa shape index (κ1) is 22.8. The predicted molar refractivity (Wildman–Crippen MR) is 133 cm³/mol. The summed E-state index contributed by atoms with van der Waals surface area (Å²) < 4.78 is 5.41. The molecule has 4 aromatic rings. The number of furan rings is 1. The van der Waals surface area contributed by atoms with Crippen LogP contribution in [0.3, 0.4) is 0 Å². The van der Waals surface area contributed by atoms with Crippen molar-refractivity contribution in [2.45, 2.75) is 19.9 Å². The molecule has 5 nitrogen and oxygen atoms in total. The summed E-state index contributed by atoms with van der Waals surface area (Å²) in [5.74, 6) is -0.323. The van der Waals surface area contributed by atoms with Gasteiger partial charge in [-0.15, -0.1) is 0 Å². The minimum Gasteiger partial charge on any atom is -0.465 e. The Balaban J connectivity index is 1.68. The van der Waals surface area contributed by atoms with E-state index >= 15 is 0 Å². The van der Waals surface area contributed by atoms with Crippen molar-refractivity contribution in [1.29, 1.82) is 0 Å². The Kier molecular flexibility index (Phi) is 7.04. The van der Waals surface area contributed by atoms with Crippen LogP contribution in [0, 0.1) is 13.8 Å². The molecule has 3 aromatic carbocycles. The molecule has 0 fully saturated rings. The van der Waals surface area contributed by atoms with E-state index in [4.69, 9.17) is 4.42 Å². The molecule has 0 saturated heterocycles. The van der Waals surface area contributed by atoms with Crippen LogP contribution in [0.15, 0.2) is 107 Å². The molecule has 4 rings (SSSR count). The van der Waals surface area contributed by atoms with Gasteiger partial charge in [-0.25, -0.2) is 0 Å². The van der Waals surface area contributed by atoms with Crippen molar-refractivity contribution in [1.82, 2.24) is 10.6 Å². The molecule has 1 unspecified atom stereocenters. The van der Waals surface area contributed by atoms with E-state index < -0.39 is 11.9 Å². The molecule has 1 aromatic heterocycles. The Morgan fingerprint density at radius 3 is 2.15 bits per heavy atom. The first-order valence-electron chi connectivity index (χ1n) is 11.1. The van der Waals surface area contributed by atoms with E-state index in [0.29, 0.717) is 11.3 Å². The van der Waals surface area contributed by atoms with Crippen molar-refractivity contribution in [3.63, 3.8) is 0 Å². The number of carbonyl (C=O) groups excluding carboxylic acids is 2. The van der Waals surface area contributed by atoms with Gasteiger partial charge in [0.05, 0.1) is 12.3 Å². The van der Waals surface area contributed by atoms with Gasteiger partial charge in [0.1, 0.15) is 11.5 Å². The number of benzene rings is 3. The summed E-state index contributed by atoms with van der Waals surface area (Å²) in [6.07, 6.45) is 3.05. The summed E-state index contributed by atoms with van der Waals surface area (Å²) in [5, 5.41) is 5.90. The van der Waals surface area contributed by atoms with Crippen LogP contribution in [0.2, 0.25) is 0 Å². The normalized spacial score (nSPS) is 12.1. The van der Waals surface area contributed by atoms with E-state index in [1.807, 2.05) is 80.6 Å². The van der Waals surface area contributed by atoms with Gasteiger partial charge >= 0.3 is 0 Å². The Bertz CT molecular complexity index is 1310. The van der Waals surface area contributed by atoms with Crippen molar-refractivity contribution < 1.29 is 14.0 Å². The summed E-state index contributed by atoms with van der Waals surface area (Å²) in [7, 11) is 0. The second-order valence-electron chi connectivity index (χ2n) is 8.02. The summed E-state index contributed by atoms with van der Waals surface area (Å²) >= 11 is 0. The zero-order chi connectivity index (χ0) is 23.9. The number of hydrogen-bond donors (Lipinski definition) is 2. The van der Waals surface area contributed by atoms with Gasteiger partial charge < -0.3 is 15.1 Å². The number of amides is 2. The molecule has 0 saturated carbocycles. The lowest BCUT2D eigenvalue weighted by Gasteiger charge is -2.22. The molecule has 0 spiro atoms. The molecule has 1 heterocycles. The van der Waals surface area contributed by atoms with Crippen LogP contribution in [-0.2, 0) is 4.79 Å². The number of carbonyl (C=O) groups is 2. The smallest absolute Gasteiger partial charge is 0.268 e. The topological polar surface area (TPSA) is 71.3 Å². The third kappa shape index (κ3) is 5.33. The van der Waals surface area contributed by atoms with Gasteiger partial charge in [0.25, 0.3) is 11.8 Å². The van der Waals surface area contributed by atoms with Gasteiger partial charge in [-0.3, -0.25) is 9.59 Å². The third-order valence-electron chi connectivity index (χ3n) is 5.62. The highest BCUT2D eigenvalue weighted by Crippen LogP contribution is 2.25. The molecule has 1 atom stereocenters. The molecule has 170 valence electrons. The summed E-state index contributed by atoms with van der Waals surface area (Å²) in [6.45, 7) is 3.87. The summed E-state index contributed by atoms with van der Waals surface area (Å²) in [5.41, 5.74) is 4.38. The lowest BCUT2D eigenvalue weighted by molar-refractivity contribution is -0.118. The molecule has 5 heteroatoms. The van der Waals surface area contributed by atoms with Crippen molar-refractivity contribution in [3.05, 3.63) is 137 Å². The minimum absolute atomic E-state index is 0.0951. The van der Waals surface area contributed by atoms with E-state index in [9.17, 15) is 9.59 Å². The van der Waals surface area contributed by atoms with Crippen molar-refractivity contribution in [2.24, 2.45) is 0 Å². The zero-order valence-electron chi connectivity index (χ0n) is 19.1. The van der Waals surface area contributed by atoms with Crippen LogP contribution >= 0.6 is 0 Å². The largest absolute Gasteiger partial charge is 0.465 e. The van der Waals surface area contributed by atoms with Gasteiger partial charge in [-0.05, 0) is 54.3 Å². The fraction of sp³-hybridized carbons (Fsp3) is 0.103. The molecule has 0 bridgehead atoms. The van der Waals surface area contributed by atoms with E-state index in [1.54, 1.807) is 24.3 Å². The Hall–Kier alpha value is -4.38. The number of rotatable bonds is 7. The second-order valence-corrected chi connectivity index (χ2v) is 8.02. The number of aryl methyl sites for hydroxylation is 2. The molecule has 34 heavy (non-hydrogen) atoms. The highest BCUT2D eigenvalue weighted by Gasteiger charge is 2.22. The van der Waals surface area contributed by atoms with Crippen molar-refractivity contribution in [3.8, 4) is 0 Å². The first-order chi connectivity index (χ1) is 16.5. The number of hydrogen-bond acceptors (Lipinski definition) is 3. The molecule has 0 radical (unpaired) electrons. The molecule has 2 N–H and O–H groups in total. The van der Waals surface area contributed by atoms with Gasteiger partial charge in [-0.2, -0.15) is 0 Å². The van der Waals surface area contributed by atoms with Gasteiger partial charge in [0, 0.05) is 11.6 Å². The van der Waals surface area contributed by atoms with Crippen LogP contribution in [0.25, 0.3) is 6.08 Å². The van der Waals surface area contributed by atoms with Crippen LogP contribution in [-0.4, -0.2) is 11.8 Å². The van der Waals surface area contributed by atoms with E-state index in [1.165, 1.54) is 12.3 Å². The van der Waals surface area contributed by atoms with Crippen LogP contribution in [0.5, 0.6) is 0 Å². The third-order valence-corrected chi connectivity index (χ3v) is 5.62. The average molecular weight is 451 g/mol. The maximum Gasteiger partial charge on any atom is 0.268 e. The van der Waals surface area contributed by atoms with E-state index in [-0.39, 0.29) is 11.6 Å².